The second kappa shape index (κ2) is 5.62. The van der Waals surface area contributed by atoms with E-state index < -0.39 is 0 Å². The smallest absolute Gasteiger partial charge is 0.121 e. The number of hydrogen-bond acceptors (Lipinski definition) is 3. The van der Waals surface area contributed by atoms with Gasteiger partial charge in [0.05, 0.1) is 6.61 Å². The van der Waals surface area contributed by atoms with Crippen LogP contribution in [0.5, 0.6) is 5.75 Å². The summed E-state index contributed by atoms with van der Waals surface area (Å²) in [6.07, 6.45) is 3.01. The number of hydrogen-bond donors (Lipinski definition) is 3. The summed E-state index contributed by atoms with van der Waals surface area (Å²) >= 11 is 0. The van der Waals surface area contributed by atoms with Crippen LogP contribution >= 0.6 is 0 Å². The van der Waals surface area contributed by atoms with Crippen LogP contribution in [0.3, 0.4) is 0 Å². The molecule has 3 heteroatoms. The average molecular weight is 195 g/mol. The van der Waals surface area contributed by atoms with E-state index in [2.05, 4.69) is 0 Å². The zero-order chi connectivity index (χ0) is 10.4. The van der Waals surface area contributed by atoms with Crippen LogP contribution in [0.2, 0.25) is 0 Å². The minimum Gasteiger partial charge on any atom is -0.508 e. The van der Waals surface area contributed by atoms with Crippen molar-refractivity contribution < 1.29 is 10.2 Å². The van der Waals surface area contributed by atoms with Gasteiger partial charge in [0, 0.05) is 5.56 Å². The van der Waals surface area contributed by atoms with E-state index in [9.17, 15) is 5.11 Å². The summed E-state index contributed by atoms with van der Waals surface area (Å²) in [5.74, 6) is 0.162. The van der Waals surface area contributed by atoms with Gasteiger partial charge in [-0.1, -0.05) is 6.07 Å². The zero-order valence-corrected chi connectivity index (χ0v) is 8.24. The first kappa shape index (κ1) is 11.0. The molecule has 0 atom stereocenters. The molecule has 0 aliphatic carbocycles. The molecule has 0 aliphatic rings. The largest absolute Gasteiger partial charge is 0.508 e. The van der Waals surface area contributed by atoms with Crippen LogP contribution in [0.4, 0.5) is 0 Å². The summed E-state index contributed by atoms with van der Waals surface area (Å²) in [6.45, 7) is 0.599. The molecule has 3 nitrogen and oxygen atoms in total. The maximum atomic E-state index is 9.33. The van der Waals surface area contributed by atoms with Crippen LogP contribution < -0.4 is 5.73 Å². The number of aliphatic hydroxyl groups is 1. The molecular weight excluding hydrogens is 178 g/mol. The standard InChI is InChI=1S/C11H17NO2/c12-6-2-1-3-9-4-5-11(14)10(7-9)8-13/h4-5,7,13-14H,1-3,6,8,12H2. The average Bonchev–Trinajstić information content (AvgIpc) is 2.21. The summed E-state index contributed by atoms with van der Waals surface area (Å²) < 4.78 is 0. The SMILES string of the molecule is NCCCCc1ccc(O)c(CO)c1. The first-order valence-electron chi connectivity index (χ1n) is 4.89. The molecule has 14 heavy (non-hydrogen) atoms. The van der Waals surface area contributed by atoms with Crippen molar-refractivity contribution in [3.8, 4) is 5.75 Å². The van der Waals surface area contributed by atoms with E-state index in [1.807, 2.05) is 12.1 Å². The van der Waals surface area contributed by atoms with Crippen LogP contribution in [0.1, 0.15) is 24.0 Å². The van der Waals surface area contributed by atoms with Crippen LogP contribution in [-0.4, -0.2) is 16.8 Å². The summed E-state index contributed by atoms with van der Waals surface area (Å²) in [5.41, 5.74) is 7.12. The Morgan fingerprint density at radius 3 is 2.64 bits per heavy atom. The van der Waals surface area contributed by atoms with Gasteiger partial charge < -0.3 is 15.9 Å². The van der Waals surface area contributed by atoms with E-state index >= 15 is 0 Å². The lowest BCUT2D eigenvalue weighted by molar-refractivity contribution is 0.275. The monoisotopic (exact) mass is 195 g/mol. The molecule has 4 N–H and O–H groups in total. The van der Waals surface area contributed by atoms with Gasteiger partial charge in [-0.25, -0.2) is 0 Å². The number of nitrogens with two attached hydrogens (primary N) is 1. The Kier molecular flexibility index (Phi) is 4.43. The molecule has 0 saturated heterocycles. The van der Waals surface area contributed by atoms with Crippen molar-refractivity contribution >= 4 is 0 Å². The highest BCUT2D eigenvalue weighted by Gasteiger charge is 2.01. The summed E-state index contributed by atoms with van der Waals surface area (Å²) in [7, 11) is 0. The van der Waals surface area contributed by atoms with Crippen LogP contribution in [0.25, 0.3) is 0 Å². The molecule has 0 unspecified atom stereocenters. The fourth-order valence-corrected chi connectivity index (χ4v) is 1.39. The van der Waals surface area contributed by atoms with Crippen LogP contribution in [0, 0.1) is 0 Å². The number of rotatable bonds is 5. The Bertz CT molecular complexity index is 287. The van der Waals surface area contributed by atoms with Crippen molar-refractivity contribution in [2.45, 2.75) is 25.9 Å². The van der Waals surface area contributed by atoms with E-state index in [4.69, 9.17) is 10.8 Å². The molecule has 0 amide bonds. The Morgan fingerprint density at radius 1 is 1.21 bits per heavy atom. The summed E-state index contributed by atoms with van der Waals surface area (Å²) in [4.78, 5) is 0. The number of aliphatic hydroxyl groups excluding tert-OH is 1. The normalized spacial score (nSPS) is 10.4. The molecule has 0 spiro atoms. The van der Waals surface area contributed by atoms with Crippen molar-refractivity contribution in [2.24, 2.45) is 5.73 Å². The van der Waals surface area contributed by atoms with Crippen molar-refractivity contribution in [2.75, 3.05) is 6.54 Å². The first-order valence-corrected chi connectivity index (χ1v) is 4.89. The van der Waals surface area contributed by atoms with Crippen molar-refractivity contribution in [3.05, 3.63) is 29.3 Å². The fraction of sp³-hybridized carbons (Fsp3) is 0.455. The quantitative estimate of drug-likeness (QED) is 0.618. The van der Waals surface area contributed by atoms with Crippen LogP contribution in [0.15, 0.2) is 18.2 Å². The van der Waals surface area contributed by atoms with E-state index in [0.717, 1.165) is 24.8 Å². The topological polar surface area (TPSA) is 66.5 Å². The number of aryl methyl sites for hydroxylation is 1. The molecule has 0 radical (unpaired) electrons. The van der Waals surface area contributed by atoms with Crippen molar-refractivity contribution in [1.29, 1.82) is 0 Å². The maximum Gasteiger partial charge on any atom is 0.121 e. The molecule has 0 aromatic heterocycles. The number of aromatic hydroxyl groups is 1. The molecule has 0 aliphatic heterocycles. The fourth-order valence-electron chi connectivity index (χ4n) is 1.39. The van der Waals surface area contributed by atoms with Gasteiger partial charge >= 0.3 is 0 Å². The number of phenols is 1. The lowest BCUT2D eigenvalue weighted by atomic mass is 10.0. The Labute approximate surface area is 84.2 Å². The third-order valence-electron chi connectivity index (χ3n) is 2.23. The zero-order valence-electron chi connectivity index (χ0n) is 8.24. The van der Waals surface area contributed by atoms with E-state index in [-0.39, 0.29) is 12.4 Å². The van der Waals surface area contributed by atoms with Crippen molar-refractivity contribution in [3.63, 3.8) is 0 Å². The predicted molar refractivity (Wildman–Crippen MR) is 56.0 cm³/mol. The van der Waals surface area contributed by atoms with Gasteiger partial charge in [0.25, 0.3) is 0 Å². The highest BCUT2D eigenvalue weighted by molar-refractivity contribution is 5.35. The predicted octanol–water partition coefficient (Wildman–Crippen LogP) is 1.17. The maximum absolute atomic E-state index is 9.33. The van der Waals surface area contributed by atoms with Gasteiger partial charge in [0.15, 0.2) is 0 Å². The second-order valence-electron chi connectivity index (χ2n) is 3.37. The highest BCUT2D eigenvalue weighted by Crippen LogP contribution is 2.19. The Balaban J connectivity index is 2.60. The van der Waals surface area contributed by atoms with Gasteiger partial charge in [-0.3, -0.25) is 0 Å². The third kappa shape index (κ3) is 3.01. The minimum absolute atomic E-state index is 0.115. The van der Waals surface area contributed by atoms with E-state index in [0.29, 0.717) is 12.1 Å². The van der Waals surface area contributed by atoms with Gasteiger partial charge in [0.1, 0.15) is 5.75 Å². The van der Waals surface area contributed by atoms with E-state index in [1.165, 1.54) is 0 Å². The molecule has 78 valence electrons. The molecule has 1 aromatic rings. The lowest BCUT2D eigenvalue weighted by Crippen LogP contribution is -1.99. The number of unbranched alkanes of at least 4 members (excludes halogenated alkanes) is 1. The molecule has 0 bridgehead atoms. The Hall–Kier alpha value is -1.06. The summed E-state index contributed by atoms with van der Waals surface area (Å²) in [5, 5.41) is 18.3. The van der Waals surface area contributed by atoms with Gasteiger partial charge in [-0.2, -0.15) is 0 Å². The molecule has 1 rings (SSSR count). The van der Waals surface area contributed by atoms with Gasteiger partial charge in [0.2, 0.25) is 0 Å². The molecule has 0 saturated carbocycles. The molecule has 0 heterocycles. The molecule has 0 fully saturated rings. The lowest BCUT2D eigenvalue weighted by Gasteiger charge is -2.05. The Morgan fingerprint density at radius 2 is 2.00 bits per heavy atom. The molecule has 1 aromatic carbocycles. The molecular formula is C11H17NO2. The highest BCUT2D eigenvalue weighted by atomic mass is 16.3. The minimum atomic E-state index is -0.115. The van der Waals surface area contributed by atoms with E-state index in [1.54, 1.807) is 6.07 Å². The van der Waals surface area contributed by atoms with Gasteiger partial charge in [-0.15, -0.1) is 0 Å². The number of benzene rings is 1. The van der Waals surface area contributed by atoms with Gasteiger partial charge in [-0.05, 0) is 43.5 Å². The first-order chi connectivity index (χ1) is 6.77. The summed E-state index contributed by atoms with van der Waals surface area (Å²) in [6, 6.07) is 5.35. The second-order valence-corrected chi connectivity index (χ2v) is 3.37. The third-order valence-corrected chi connectivity index (χ3v) is 2.23. The van der Waals surface area contributed by atoms with Crippen molar-refractivity contribution in [1.82, 2.24) is 0 Å². The van der Waals surface area contributed by atoms with Crippen LogP contribution in [-0.2, 0) is 13.0 Å².